The van der Waals surface area contributed by atoms with Crippen molar-refractivity contribution in [3.63, 3.8) is 0 Å². The third-order valence-corrected chi connectivity index (χ3v) is 3.36. The van der Waals surface area contributed by atoms with E-state index in [0.717, 1.165) is 28.0 Å². The van der Waals surface area contributed by atoms with Crippen molar-refractivity contribution in [1.82, 2.24) is 14.5 Å². The van der Waals surface area contributed by atoms with Gasteiger partial charge in [-0.3, -0.25) is 4.57 Å². The first-order valence-corrected chi connectivity index (χ1v) is 6.11. The minimum atomic E-state index is 0.495. The summed E-state index contributed by atoms with van der Waals surface area (Å²) in [5.74, 6) is 0.830. The molecule has 0 aliphatic carbocycles. The SMILES string of the molecule is Cc1ncn(-c2nc(Cl)cc3ccccc23)c1C. The summed E-state index contributed by atoms with van der Waals surface area (Å²) < 4.78 is 1.98. The third kappa shape index (κ3) is 1.68. The largest absolute Gasteiger partial charge is 0.287 e. The lowest BCUT2D eigenvalue weighted by molar-refractivity contribution is 0.963. The Kier molecular flexibility index (Phi) is 2.56. The standard InChI is InChI=1S/C14H12ClN3/c1-9-10(2)18(8-16-9)14-12-6-4-3-5-11(12)7-13(15)17-14/h3-8H,1-2H3. The van der Waals surface area contributed by atoms with Crippen LogP contribution in [-0.2, 0) is 0 Å². The Hall–Kier alpha value is -1.87. The van der Waals surface area contributed by atoms with Gasteiger partial charge in [0.15, 0.2) is 0 Å². The normalized spacial score (nSPS) is 11.1. The maximum atomic E-state index is 6.09. The first-order valence-electron chi connectivity index (χ1n) is 5.73. The zero-order valence-electron chi connectivity index (χ0n) is 10.2. The molecule has 90 valence electrons. The maximum Gasteiger partial charge on any atom is 0.147 e. The Balaban J connectivity index is 2.38. The van der Waals surface area contributed by atoms with E-state index in [1.54, 1.807) is 6.33 Å². The molecule has 3 rings (SSSR count). The molecule has 2 heterocycles. The fourth-order valence-corrected chi connectivity index (χ4v) is 2.24. The Morgan fingerprint density at radius 2 is 1.94 bits per heavy atom. The van der Waals surface area contributed by atoms with Crippen molar-refractivity contribution in [2.45, 2.75) is 13.8 Å². The number of benzene rings is 1. The van der Waals surface area contributed by atoms with Gasteiger partial charge in [0.1, 0.15) is 17.3 Å². The van der Waals surface area contributed by atoms with Gasteiger partial charge in [-0.15, -0.1) is 0 Å². The van der Waals surface area contributed by atoms with E-state index in [4.69, 9.17) is 11.6 Å². The summed E-state index contributed by atoms with van der Waals surface area (Å²) in [5, 5.41) is 2.65. The number of aromatic nitrogens is 3. The molecular weight excluding hydrogens is 246 g/mol. The molecule has 0 fully saturated rings. The molecule has 3 nitrogen and oxygen atoms in total. The van der Waals surface area contributed by atoms with Gasteiger partial charge >= 0.3 is 0 Å². The van der Waals surface area contributed by atoms with Gasteiger partial charge in [-0.05, 0) is 25.3 Å². The molecule has 2 aromatic heterocycles. The average Bonchev–Trinajstić information content (AvgIpc) is 2.69. The van der Waals surface area contributed by atoms with Crippen molar-refractivity contribution < 1.29 is 0 Å². The summed E-state index contributed by atoms with van der Waals surface area (Å²) in [6.07, 6.45) is 1.79. The molecule has 0 radical (unpaired) electrons. The summed E-state index contributed by atoms with van der Waals surface area (Å²) in [7, 11) is 0. The maximum absolute atomic E-state index is 6.09. The highest BCUT2D eigenvalue weighted by Crippen LogP contribution is 2.25. The summed E-state index contributed by atoms with van der Waals surface area (Å²) in [4.78, 5) is 8.74. The number of imidazole rings is 1. The molecule has 4 heteroatoms. The lowest BCUT2D eigenvalue weighted by Crippen LogP contribution is -2.00. The molecule has 0 bridgehead atoms. The fourth-order valence-electron chi connectivity index (χ4n) is 2.04. The van der Waals surface area contributed by atoms with Crippen molar-refractivity contribution in [2.75, 3.05) is 0 Å². The second-order valence-electron chi connectivity index (χ2n) is 4.28. The Bertz CT molecular complexity index is 731. The zero-order chi connectivity index (χ0) is 12.7. The van der Waals surface area contributed by atoms with E-state index in [9.17, 15) is 0 Å². The Morgan fingerprint density at radius 1 is 1.17 bits per heavy atom. The molecule has 18 heavy (non-hydrogen) atoms. The first-order chi connectivity index (χ1) is 8.66. The average molecular weight is 258 g/mol. The van der Waals surface area contributed by atoms with Crippen LogP contribution in [0.15, 0.2) is 36.7 Å². The predicted molar refractivity (Wildman–Crippen MR) is 73.3 cm³/mol. The highest BCUT2D eigenvalue weighted by atomic mass is 35.5. The second kappa shape index (κ2) is 4.10. The highest BCUT2D eigenvalue weighted by molar-refractivity contribution is 6.30. The van der Waals surface area contributed by atoms with Gasteiger partial charge in [-0.1, -0.05) is 35.9 Å². The number of hydrogen-bond acceptors (Lipinski definition) is 2. The summed E-state index contributed by atoms with van der Waals surface area (Å²) in [6, 6.07) is 9.95. The predicted octanol–water partition coefficient (Wildman–Crippen LogP) is 3.69. The van der Waals surface area contributed by atoms with Crippen LogP contribution in [0.3, 0.4) is 0 Å². The van der Waals surface area contributed by atoms with Crippen LogP contribution in [0.25, 0.3) is 16.6 Å². The van der Waals surface area contributed by atoms with Crippen molar-refractivity contribution in [3.8, 4) is 5.82 Å². The van der Waals surface area contributed by atoms with Gasteiger partial charge in [0.25, 0.3) is 0 Å². The van der Waals surface area contributed by atoms with Crippen LogP contribution in [-0.4, -0.2) is 14.5 Å². The van der Waals surface area contributed by atoms with Crippen LogP contribution in [0.5, 0.6) is 0 Å². The molecular formula is C14H12ClN3. The number of nitrogens with zero attached hydrogens (tertiary/aromatic N) is 3. The van der Waals surface area contributed by atoms with Gasteiger partial charge in [0.2, 0.25) is 0 Å². The number of rotatable bonds is 1. The van der Waals surface area contributed by atoms with Crippen LogP contribution in [0.4, 0.5) is 0 Å². The monoisotopic (exact) mass is 257 g/mol. The minimum absolute atomic E-state index is 0.495. The molecule has 1 aromatic carbocycles. The van der Waals surface area contributed by atoms with E-state index in [1.165, 1.54) is 0 Å². The van der Waals surface area contributed by atoms with Gasteiger partial charge in [-0.25, -0.2) is 9.97 Å². The van der Waals surface area contributed by atoms with Crippen LogP contribution in [0, 0.1) is 13.8 Å². The topological polar surface area (TPSA) is 30.7 Å². The quantitative estimate of drug-likeness (QED) is 0.623. The van der Waals surface area contributed by atoms with Gasteiger partial charge in [-0.2, -0.15) is 0 Å². The van der Waals surface area contributed by atoms with Crippen LogP contribution < -0.4 is 0 Å². The summed E-state index contributed by atoms with van der Waals surface area (Å²) >= 11 is 6.09. The number of halogens is 1. The zero-order valence-corrected chi connectivity index (χ0v) is 10.9. The third-order valence-electron chi connectivity index (χ3n) is 3.17. The van der Waals surface area contributed by atoms with Crippen molar-refractivity contribution in [1.29, 1.82) is 0 Å². The second-order valence-corrected chi connectivity index (χ2v) is 4.66. The fraction of sp³-hybridized carbons (Fsp3) is 0.143. The molecule has 0 amide bonds. The molecule has 3 aromatic rings. The molecule has 0 aliphatic rings. The van der Waals surface area contributed by atoms with E-state index in [-0.39, 0.29) is 0 Å². The lowest BCUT2D eigenvalue weighted by Gasteiger charge is -2.09. The highest BCUT2D eigenvalue weighted by Gasteiger charge is 2.10. The molecule has 0 unspecified atom stereocenters. The van der Waals surface area contributed by atoms with Gasteiger partial charge in [0.05, 0.1) is 5.69 Å². The molecule has 0 saturated carbocycles. The number of pyridine rings is 1. The Labute approximate surface area is 110 Å². The van der Waals surface area contributed by atoms with Crippen molar-refractivity contribution >= 4 is 22.4 Å². The molecule has 0 saturated heterocycles. The van der Waals surface area contributed by atoms with E-state index >= 15 is 0 Å². The lowest BCUT2D eigenvalue weighted by atomic mass is 10.1. The number of fused-ring (bicyclic) bond motifs is 1. The molecule has 0 spiro atoms. The van der Waals surface area contributed by atoms with Gasteiger partial charge in [0, 0.05) is 11.1 Å². The Morgan fingerprint density at radius 3 is 2.67 bits per heavy atom. The van der Waals surface area contributed by atoms with E-state index < -0.39 is 0 Å². The van der Waals surface area contributed by atoms with Crippen LogP contribution in [0.2, 0.25) is 5.15 Å². The number of aryl methyl sites for hydroxylation is 1. The summed E-state index contributed by atoms with van der Waals surface area (Å²) in [5.41, 5.74) is 2.08. The molecule has 0 N–H and O–H groups in total. The van der Waals surface area contributed by atoms with E-state index in [0.29, 0.717) is 5.15 Å². The smallest absolute Gasteiger partial charge is 0.147 e. The number of hydrogen-bond donors (Lipinski definition) is 0. The summed E-state index contributed by atoms with van der Waals surface area (Å²) in [6.45, 7) is 4.01. The first kappa shape index (κ1) is 11.2. The van der Waals surface area contributed by atoms with E-state index in [1.807, 2.05) is 48.7 Å². The van der Waals surface area contributed by atoms with Crippen LogP contribution >= 0.6 is 11.6 Å². The van der Waals surface area contributed by atoms with Crippen molar-refractivity contribution in [2.24, 2.45) is 0 Å². The molecule has 0 atom stereocenters. The van der Waals surface area contributed by atoms with Gasteiger partial charge < -0.3 is 0 Å². The van der Waals surface area contributed by atoms with Crippen LogP contribution in [0.1, 0.15) is 11.4 Å². The van der Waals surface area contributed by atoms with E-state index in [2.05, 4.69) is 9.97 Å². The minimum Gasteiger partial charge on any atom is -0.287 e. The molecule has 0 aliphatic heterocycles. The van der Waals surface area contributed by atoms with Crippen molar-refractivity contribution in [3.05, 3.63) is 53.2 Å².